The molecule has 2 aromatic carbocycles. The van der Waals surface area contributed by atoms with Gasteiger partial charge in [-0.3, -0.25) is 9.78 Å². The van der Waals surface area contributed by atoms with Crippen LogP contribution in [0.4, 0.5) is 0 Å². The fraction of sp³-hybridized carbons (Fsp3) is 0. The molecular formula is C16H9Cl2NO. The Morgan fingerprint density at radius 1 is 0.900 bits per heavy atom. The number of rotatable bonds is 2. The summed E-state index contributed by atoms with van der Waals surface area (Å²) in [5.41, 5.74) is 0.865. The number of aromatic nitrogens is 1. The number of hydrogen-bond acceptors (Lipinski definition) is 2. The lowest BCUT2D eigenvalue weighted by molar-refractivity contribution is 0.103. The molecule has 0 radical (unpaired) electrons. The van der Waals surface area contributed by atoms with E-state index in [4.69, 9.17) is 23.2 Å². The van der Waals surface area contributed by atoms with E-state index in [0.29, 0.717) is 21.3 Å². The van der Waals surface area contributed by atoms with Crippen molar-refractivity contribution >= 4 is 39.8 Å². The predicted octanol–water partition coefficient (Wildman–Crippen LogP) is 4.77. The van der Waals surface area contributed by atoms with Crippen LogP contribution in [0.15, 0.2) is 54.7 Å². The molecule has 3 aromatic rings. The molecule has 20 heavy (non-hydrogen) atoms. The predicted molar refractivity (Wildman–Crippen MR) is 81.6 cm³/mol. The highest BCUT2D eigenvalue weighted by Gasteiger charge is 2.12. The first kappa shape index (κ1) is 13.1. The topological polar surface area (TPSA) is 30.0 Å². The molecule has 3 rings (SSSR count). The molecule has 0 aliphatic carbocycles. The summed E-state index contributed by atoms with van der Waals surface area (Å²) in [4.78, 5) is 16.6. The number of hydrogen-bond donors (Lipinski definition) is 0. The van der Waals surface area contributed by atoms with Crippen molar-refractivity contribution in [3.63, 3.8) is 0 Å². The van der Waals surface area contributed by atoms with Gasteiger partial charge in [0.15, 0.2) is 0 Å². The number of nitrogens with zero attached hydrogens (tertiary/aromatic N) is 1. The maximum absolute atomic E-state index is 12.4. The van der Waals surface area contributed by atoms with Crippen LogP contribution >= 0.6 is 23.2 Å². The van der Waals surface area contributed by atoms with Crippen LogP contribution in [0.2, 0.25) is 10.0 Å². The van der Waals surface area contributed by atoms with Gasteiger partial charge in [-0.2, -0.15) is 0 Å². The smallest absolute Gasteiger partial charge is 0.211 e. The molecule has 0 bridgehead atoms. The lowest BCUT2D eigenvalue weighted by Gasteiger charge is -2.04. The molecule has 0 saturated heterocycles. The fourth-order valence-electron chi connectivity index (χ4n) is 1.99. The standard InChI is InChI=1S/C16H9Cl2NO/c17-13-6-5-11(7-14(13)18)16(20)15-8-10-3-1-2-4-12(10)9-19-15/h1-9H. The van der Waals surface area contributed by atoms with Crippen molar-refractivity contribution in [3.05, 3.63) is 76.0 Å². The van der Waals surface area contributed by atoms with Gasteiger partial charge < -0.3 is 0 Å². The molecule has 0 amide bonds. The van der Waals surface area contributed by atoms with Crippen LogP contribution in [0, 0.1) is 0 Å². The summed E-state index contributed by atoms with van der Waals surface area (Å²) in [6, 6.07) is 14.4. The first-order valence-corrected chi connectivity index (χ1v) is 6.75. The Morgan fingerprint density at radius 3 is 2.40 bits per heavy atom. The molecule has 0 aliphatic rings. The van der Waals surface area contributed by atoms with Gasteiger partial charge in [0.05, 0.1) is 10.0 Å². The highest BCUT2D eigenvalue weighted by molar-refractivity contribution is 6.42. The molecular weight excluding hydrogens is 293 g/mol. The van der Waals surface area contributed by atoms with E-state index in [1.807, 2.05) is 24.3 Å². The third kappa shape index (κ3) is 2.40. The number of benzene rings is 2. The second-order valence-electron chi connectivity index (χ2n) is 4.37. The summed E-state index contributed by atoms with van der Waals surface area (Å²) in [5, 5.41) is 2.76. The number of ketones is 1. The van der Waals surface area contributed by atoms with Crippen LogP contribution in [0.1, 0.15) is 16.1 Å². The summed E-state index contributed by atoms with van der Waals surface area (Å²) in [6.07, 6.45) is 1.69. The van der Waals surface area contributed by atoms with Gasteiger partial charge in [-0.05, 0) is 29.7 Å². The number of carbonyl (C=O) groups is 1. The Hall–Kier alpha value is -1.90. The minimum atomic E-state index is -0.172. The van der Waals surface area contributed by atoms with Crippen LogP contribution in [0.3, 0.4) is 0 Å². The second-order valence-corrected chi connectivity index (χ2v) is 5.19. The minimum absolute atomic E-state index is 0.172. The van der Waals surface area contributed by atoms with E-state index in [9.17, 15) is 4.79 Å². The largest absolute Gasteiger partial charge is 0.287 e. The van der Waals surface area contributed by atoms with E-state index in [0.717, 1.165) is 10.8 Å². The van der Waals surface area contributed by atoms with Gasteiger partial charge in [0.2, 0.25) is 5.78 Å². The monoisotopic (exact) mass is 301 g/mol. The van der Waals surface area contributed by atoms with Crippen molar-refractivity contribution in [2.24, 2.45) is 0 Å². The van der Waals surface area contributed by atoms with Gasteiger partial charge in [-0.25, -0.2) is 0 Å². The third-order valence-corrected chi connectivity index (χ3v) is 3.78. The molecule has 0 unspecified atom stereocenters. The first-order valence-electron chi connectivity index (χ1n) is 6.00. The van der Waals surface area contributed by atoms with Gasteiger partial charge >= 0.3 is 0 Å². The van der Waals surface area contributed by atoms with Crippen molar-refractivity contribution in [1.29, 1.82) is 0 Å². The summed E-state index contributed by atoms with van der Waals surface area (Å²) in [5.74, 6) is -0.172. The second kappa shape index (κ2) is 5.23. The Balaban J connectivity index is 2.05. The van der Waals surface area contributed by atoms with Gasteiger partial charge in [-0.15, -0.1) is 0 Å². The third-order valence-electron chi connectivity index (χ3n) is 3.05. The van der Waals surface area contributed by atoms with E-state index >= 15 is 0 Å². The summed E-state index contributed by atoms with van der Waals surface area (Å²) < 4.78 is 0. The van der Waals surface area contributed by atoms with Crippen LogP contribution in [0.5, 0.6) is 0 Å². The average Bonchev–Trinajstić information content (AvgIpc) is 2.49. The molecule has 0 aliphatic heterocycles. The molecule has 0 spiro atoms. The van der Waals surface area contributed by atoms with Crippen molar-refractivity contribution < 1.29 is 4.79 Å². The summed E-state index contributed by atoms with van der Waals surface area (Å²) in [7, 11) is 0. The maximum Gasteiger partial charge on any atom is 0.211 e. The lowest BCUT2D eigenvalue weighted by atomic mass is 10.1. The molecule has 1 heterocycles. The van der Waals surface area contributed by atoms with Gasteiger partial charge in [-0.1, -0.05) is 47.5 Å². The van der Waals surface area contributed by atoms with Crippen molar-refractivity contribution in [3.8, 4) is 0 Å². The van der Waals surface area contributed by atoms with E-state index < -0.39 is 0 Å². The summed E-state index contributed by atoms with van der Waals surface area (Å²) >= 11 is 11.8. The summed E-state index contributed by atoms with van der Waals surface area (Å²) in [6.45, 7) is 0. The number of halogens is 2. The molecule has 0 N–H and O–H groups in total. The van der Waals surface area contributed by atoms with Gasteiger partial charge in [0.25, 0.3) is 0 Å². The Labute approximate surface area is 126 Å². The normalized spacial score (nSPS) is 10.7. The highest BCUT2D eigenvalue weighted by atomic mass is 35.5. The Bertz CT molecular complexity index is 814. The first-order chi connectivity index (χ1) is 9.65. The molecule has 2 nitrogen and oxygen atoms in total. The SMILES string of the molecule is O=C(c1ccc(Cl)c(Cl)c1)c1cc2ccccc2cn1. The average molecular weight is 302 g/mol. The number of pyridine rings is 1. The maximum atomic E-state index is 12.4. The molecule has 0 fully saturated rings. The number of carbonyl (C=O) groups excluding carboxylic acids is 1. The van der Waals surface area contributed by atoms with E-state index in [1.165, 1.54) is 0 Å². The fourth-order valence-corrected chi connectivity index (χ4v) is 2.29. The molecule has 0 saturated carbocycles. The van der Waals surface area contributed by atoms with Crippen molar-refractivity contribution in [1.82, 2.24) is 4.98 Å². The Kier molecular flexibility index (Phi) is 3.43. The molecule has 1 aromatic heterocycles. The lowest BCUT2D eigenvalue weighted by Crippen LogP contribution is -2.03. The van der Waals surface area contributed by atoms with Crippen molar-refractivity contribution in [2.75, 3.05) is 0 Å². The van der Waals surface area contributed by atoms with Gasteiger partial charge in [0.1, 0.15) is 5.69 Å². The zero-order chi connectivity index (χ0) is 14.1. The minimum Gasteiger partial charge on any atom is -0.287 e. The van der Waals surface area contributed by atoms with Crippen LogP contribution in [-0.2, 0) is 0 Å². The highest BCUT2D eigenvalue weighted by Crippen LogP contribution is 2.24. The molecule has 0 atom stereocenters. The zero-order valence-electron chi connectivity index (χ0n) is 10.3. The quantitative estimate of drug-likeness (QED) is 0.638. The number of fused-ring (bicyclic) bond motifs is 1. The van der Waals surface area contributed by atoms with Gasteiger partial charge in [0, 0.05) is 17.1 Å². The van der Waals surface area contributed by atoms with Crippen LogP contribution < -0.4 is 0 Å². The van der Waals surface area contributed by atoms with E-state index in [1.54, 1.807) is 30.5 Å². The zero-order valence-corrected chi connectivity index (χ0v) is 11.8. The van der Waals surface area contributed by atoms with Crippen LogP contribution in [0.25, 0.3) is 10.8 Å². The van der Waals surface area contributed by atoms with Crippen LogP contribution in [-0.4, -0.2) is 10.8 Å². The van der Waals surface area contributed by atoms with E-state index in [-0.39, 0.29) is 5.78 Å². The van der Waals surface area contributed by atoms with Crippen molar-refractivity contribution in [2.45, 2.75) is 0 Å². The molecule has 98 valence electrons. The Morgan fingerprint density at radius 2 is 1.65 bits per heavy atom. The van der Waals surface area contributed by atoms with E-state index in [2.05, 4.69) is 4.98 Å². The molecule has 4 heteroatoms.